The maximum absolute atomic E-state index is 13.2. The number of anilines is 1. The SMILES string of the molecule is CCNC(=O)C(c1ccc(C(=O)OC)cc1)c1cc(Cl)ccc1N1C[C@H](C)C[C@H](C)C1. The van der Waals surface area contributed by atoms with Crippen molar-refractivity contribution in [2.24, 2.45) is 11.8 Å². The normalized spacial score (nSPS) is 19.6. The molecule has 1 N–H and O–H groups in total. The van der Waals surface area contributed by atoms with Crippen molar-refractivity contribution in [3.05, 3.63) is 64.2 Å². The summed E-state index contributed by atoms with van der Waals surface area (Å²) in [6.45, 7) is 8.87. The Balaban J connectivity index is 2.08. The number of likely N-dealkylation sites (N-methyl/N-ethyl adjacent to an activating group) is 1. The van der Waals surface area contributed by atoms with E-state index >= 15 is 0 Å². The van der Waals surface area contributed by atoms with Crippen LogP contribution in [0.25, 0.3) is 0 Å². The van der Waals surface area contributed by atoms with Crippen LogP contribution < -0.4 is 10.2 Å². The zero-order valence-electron chi connectivity index (χ0n) is 18.7. The Hall–Kier alpha value is -2.53. The molecular weight excluding hydrogens is 412 g/mol. The van der Waals surface area contributed by atoms with Crippen molar-refractivity contribution in [1.82, 2.24) is 5.32 Å². The fourth-order valence-corrected chi connectivity index (χ4v) is 4.76. The maximum Gasteiger partial charge on any atom is 0.337 e. The molecule has 2 aromatic carbocycles. The molecule has 1 aliphatic heterocycles. The number of amides is 1. The molecule has 5 nitrogen and oxygen atoms in total. The summed E-state index contributed by atoms with van der Waals surface area (Å²) in [5.41, 5.74) is 3.17. The van der Waals surface area contributed by atoms with Crippen LogP contribution in [0.5, 0.6) is 0 Å². The number of esters is 1. The maximum atomic E-state index is 13.2. The molecule has 166 valence electrons. The van der Waals surface area contributed by atoms with E-state index in [2.05, 4.69) is 24.1 Å². The number of carbonyl (C=O) groups is 2. The molecule has 0 bridgehead atoms. The molecule has 1 saturated heterocycles. The highest BCUT2D eigenvalue weighted by Gasteiger charge is 2.30. The fraction of sp³-hybridized carbons (Fsp3) is 0.440. The highest BCUT2D eigenvalue weighted by Crippen LogP contribution is 2.37. The molecule has 0 radical (unpaired) electrons. The van der Waals surface area contributed by atoms with Gasteiger partial charge in [0.2, 0.25) is 5.91 Å². The van der Waals surface area contributed by atoms with Gasteiger partial charge in [0.1, 0.15) is 0 Å². The summed E-state index contributed by atoms with van der Waals surface area (Å²) in [5.74, 6) is 0.132. The summed E-state index contributed by atoms with van der Waals surface area (Å²) < 4.78 is 4.80. The smallest absolute Gasteiger partial charge is 0.337 e. The minimum Gasteiger partial charge on any atom is -0.465 e. The number of halogens is 1. The predicted octanol–water partition coefficient (Wildman–Crippen LogP) is 4.88. The van der Waals surface area contributed by atoms with E-state index in [9.17, 15) is 9.59 Å². The standard InChI is InChI=1S/C25H31ClN2O3/c1-5-27-24(29)23(18-6-8-19(9-7-18)25(30)31-4)21-13-20(26)10-11-22(21)28-14-16(2)12-17(3)15-28/h6-11,13,16-17,23H,5,12,14-15H2,1-4H3,(H,27,29)/t16-,17+,23?. The molecular formula is C25H31ClN2O3. The van der Waals surface area contributed by atoms with Crippen LogP contribution in [0.1, 0.15) is 54.6 Å². The zero-order valence-corrected chi connectivity index (χ0v) is 19.4. The number of methoxy groups -OCH3 is 1. The first-order valence-corrected chi connectivity index (χ1v) is 11.2. The Morgan fingerprint density at radius 2 is 1.77 bits per heavy atom. The molecule has 1 heterocycles. The van der Waals surface area contributed by atoms with Crippen LogP contribution in [0.4, 0.5) is 5.69 Å². The van der Waals surface area contributed by atoms with Crippen molar-refractivity contribution in [3.8, 4) is 0 Å². The van der Waals surface area contributed by atoms with Crippen LogP contribution in [-0.4, -0.2) is 38.6 Å². The molecule has 3 rings (SSSR count). The van der Waals surface area contributed by atoms with Crippen LogP contribution in [-0.2, 0) is 9.53 Å². The Labute approximate surface area is 189 Å². The van der Waals surface area contributed by atoms with Gasteiger partial charge in [-0.05, 0) is 66.6 Å². The lowest BCUT2D eigenvalue weighted by atomic mass is 9.86. The van der Waals surface area contributed by atoms with E-state index in [1.54, 1.807) is 12.1 Å². The Kier molecular flexibility index (Phi) is 7.60. The van der Waals surface area contributed by atoms with Gasteiger partial charge in [-0.25, -0.2) is 4.79 Å². The molecule has 0 spiro atoms. The number of hydrogen-bond acceptors (Lipinski definition) is 4. The van der Waals surface area contributed by atoms with E-state index in [0.717, 1.165) is 29.9 Å². The quantitative estimate of drug-likeness (QED) is 0.648. The third-order valence-corrected chi connectivity index (χ3v) is 6.02. The summed E-state index contributed by atoms with van der Waals surface area (Å²) in [6.07, 6.45) is 1.20. The molecule has 31 heavy (non-hydrogen) atoms. The minimum atomic E-state index is -0.534. The zero-order chi connectivity index (χ0) is 22.5. The lowest BCUT2D eigenvalue weighted by Crippen LogP contribution is -2.40. The first kappa shape index (κ1) is 23.1. The Morgan fingerprint density at radius 3 is 2.35 bits per heavy atom. The summed E-state index contributed by atoms with van der Waals surface area (Å²) in [6, 6.07) is 12.8. The molecule has 3 atom stereocenters. The molecule has 1 unspecified atom stereocenters. The Bertz CT molecular complexity index is 919. The first-order chi connectivity index (χ1) is 14.8. The lowest BCUT2D eigenvalue weighted by molar-refractivity contribution is -0.121. The van der Waals surface area contributed by atoms with Gasteiger partial charge in [-0.3, -0.25) is 4.79 Å². The number of nitrogens with zero attached hydrogens (tertiary/aromatic N) is 1. The van der Waals surface area contributed by atoms with E-state index < -0.39 is 11.9 Å². The third kappa shape index (κ3) is 5.40. The summed E-state index contributed by atoms with van der Waals surface area (Å²) in [7, 11) is 1.35. The monoisotopic (exact) mass is 442 g/mol. The highest BCUT2D eigenvalue weighted by molar-refractivity contribution is 6.30. The summed E-state index contributed by atoms with van der Waals surface area (Å²) in [5, 5.41) is 3.56. The first-order valence-electron chi connectivity index (χ1n) is 10.8. The highest BCUT2D eigenvalue weighted by atomic mass is 35.5. The molecule has 0 aliphatic carbocycles. The minimum absolute atomic E-state index is 0.0880. The van der Waals surface area contributed by atoms with Gasteiger partial charge < -0.3 is 15.0 Å². The molecule has 6 heteroatoms. The van der Waals surface area contributed by atoms with Crippen molar-refractivity contribution < 1.29 is 14.3 Å². The fourth-order valence-electron chi connectivity index (χ4n) is 4.58. The van der Waals surface area contributed by atoms with E-state index in [0.29, 0.717) is 29.0 Å². The van der Waals surface area contributed by atoms with Gasteiger partial charge in [0.15, 0.2) is 0 Å². The average Bonchev–Trinajstić information content (AvgIpc) is 2.73. The largest absolute Gasteiger partial charge is 0.465 e. The predicted molar refractivity (Wildman–Crippen MR) is 125 cm³/mol. The van der Waals surface area contributed by atoms with Gasteiger partial charge in [-0.2, -0.15) is 0 Å². The summed E-state index contributed by atoms with van der Waals surface area (Å²) >= 11 is 6.40. The number of benzene rings is 2. The second-order valence-corrected chi connectivity index (χ2v) is 8.93. The van der Waals surface area contributed by atoms with Gasteiger partial charge in [0, 0.05) is 30.3 Å². The molecule has 1 amide bonds. The van der Waals surface area contributed by atoms with Gasteiger partial charge in [-0.1, -0.05) is 37.6 Å². The molecule has 0 saturated carbocycles. The average molecular weight is 443 g/mol. The van der Waals surface area contributed by atoms with Crippen molar-refractivity contribution in [3.63, 3.8) is 0 Å². The van der Waals surface area contributed by atoms with Crippen molar-refractivity contribution >= 4 is 29.2 Å². The number of hydrogen-bond donors (Lipinski definition) is 1. The molecule has 0 aromatic heterocycles. The van der Waals surface area contributed by atoms with E-state index in [4.69, 9.17) is 16.3 Å². The van der Waals surface area contributed by atoms with Crippen LogP contribution in [0.3, 0.4) is 0 Å². The number of carbonyl (C=O) groups excluding carboxylic acids is 2. The van der Waals surface area contributed by atoms with Crippen LogP contribution >= 0.6 is 11.6 Å². The number of nitrogens with one attached hydrogen (secondary N) is 1. The van der Waals surface area contributed by atoms with Crippen LogP contribution in [0, 0.1) is 11.8 Å². The van der Waals surface area contributed by atoms with Crippen molar-refractivity contribution in [2.45, 2.75) is 33.1 Å². The van der Waals surface area contributed by atoms with Crippen molar-refractivity contribution in [2.75, 3.05) is 31.6 Å². The molecule has 1 fully saturated rings. The lowest BCUT2D eigenvalue weighted by Gasteiger charge is -2.38. The molecule has 1 aliphatic rings. The third-order valence-electron chi connectivity index (χ3n) is 5.79. The molecule has 2 aromatic rings. The van der Waals surface area contributed by atoms with E-state index in [-0.39, 0.29) is 5.91 Å². The topological polar surface area (TPSA) is 58.6 Å². The van der Waals surface area contributed by atoms with Gasteiger partial charge >= 0.3 is 5.97 Å². The number of piperidine rings is 1. The number of ether oxygens (including phenoxy) is 1. The van der Waals surface area contributed by atoms with E-state index in [1.165, 1.54) is 13.5 Å². The number of rotatable bonds is 6. The van der Waals surface area contributed by atoms with Crippen LogP contribution in [0.15, 0.2) is 42.5 Å². The summed E-state index contributed by atoms with van der Waals surface area (Å²) in [4.78, 5) is 27.4. The van der Waals surface area contributed by atoms with Crippen LogP contribution in [0.2, 0.25) is 5.02 Å². The second kappa shape index (κ2) is 10.2. The van der Waals surface area contributed by atoms with Crippen molar-refractivity contribution in [1.29, 1.82) is 0 Å². The Morgan fingerprint density at radius 1 is 1.13 bits per heavy atom. The second-order valence-electron chi connectivity index (χ2n) is 8.50. The van der Waals surface area contributed by atoms with E-state index in [1.807, 2.05) is 37.3 Å². The van der Waals surface area contributed by atoms with Gasteiger partial charge in [0.25, 0.3) is 0 Å². The van der Waals surface area contributed by atoms with Gasteiger partial charge in [-0.15, -0.1) is 0 Å². The van der Waals surface area contributed by atoms with Gasteiger partial charge in [0.05, 0.1) is 18.6 Å².